The first-order valence-corrected chi connectivity index (χ1v) is 11.8. The molecule has 2 aromatic heterocycles. The summed E-state index contributed by atoms with van der Waals surface area (Å²) in [6, 6.07) is 2.06. The van der Waals surface area contributed by atoms with E-state index < -0.39 is 5.60 Å². The van der Waals surface area contributed by atoms with Crippen LogP contribution in [0.3, 0.4) is 0 Å². The summed E-state index contributed by atoms with van der Waals surface area (Å²) in [5.74, 6) is 1.87. The molecule has 5 aliphatic rings. The van der Waals surface area contributed by atoms with Gasteiger partial charge in [0.15, 0.2) is 0 Å². The lowest BCUT2D eigenvalue weighted by molar-refractivity contribution is -0.136. The molecule has 1 saturated heterocycles. The fourth-order valence-electron chi connectivity index (χ4n) is 6.96. The zero-order valence-corrected chi connectivity index (χ0v) is 18.4. The van der Waals surface area contributed by atoms with Crippen LogP contribution in [-0.2, 0) is 0 Å². The maximum Gasteiger partial charge on any atom is 0.270 e. The maximum absolute atomic E-state index is 13.1. The van der Waals surface area contributed by atoms with E-state index in [1.54, 1.807) is 12.3 Å². The van der Waals surface area contributed by atoms with Crippen LogP contribution in [0.2, 0.25) is 0 Å². The van der Waals surface area contributed by atoms with Gasteiger partial charge < -0.3 is 20.2 Å². The Bertz CT molecular complexity index is 980. The zero-order chi connectivity index (χ0) is 21.9. The zero-order valence-electron chi connectivity index (χ0n) is 18.4. The van der Waals surface area contributed by atoms with E-state index in [0.29, 0.717) is 29.4 Å². The van der Waals surface area contributed by atoms with Crippen LogP contribution in [-0.4, -0.2) is 68.5 Å². The van der Waals surface area contributed by atoms with Crippen molar-refractivity contribution in [2.24, 2.45) is 17.8 Å². The first-order valence-electron chi connectivity index (χ1n) is 11.8. The molecule has 3 N–H and O–H groups in total. The lowest BCUT2D eigenvalue weighted by Crippen LogP contribution is -2.61. The van der Waals surface area contributed by atoms with E-state index in [-0.39, 0.29) is 18.0 Å². The van der Waals surface area contributed by atoms with Crippen molar-refractivity contribution in [3.63, 3.8) is 0 Å². The summed E-state index contributed by atoms with van der Waals surface area (Å²) < 4.78 is 0. The maximum atomic E-state index is 13.1. The molecule has 4 saturated carbocycles. The molecule has 0 aromatic carbocycles. The Labute approximate surface area is 187 Å². The van der Waals surface area contributed by atoms with Gasteiger partial charge >= 0.3 is 0 Å². The van der Waals surface area contributed by atoms with Gasteiger partial charge in [-0.3, -0.25) is 9.89 Å². The van der Waals surface area contributed by atoms with E-state index in [4.69, 9.17) is 0 Å². The van der Waals surface area contributed by atoms with E-state index in [0.717, 1.165) is 57.4 Å². The molecule has 2 aromatic rings. The standard InChI is InChI=1S/C23H31N7O2/c1-14-13-29(18-11-25-26-12-18)4-5-30(14)22-24-3-2-19(27-22)21(31)28-20-16-6-15-7-17(20)10-23(32,8-15)9-16/h2-3,11-12,14-17,20,32H,4-10,13H2,1H3,(H,25,26)(H,28,31)/t14-,15?,16?,17?,20-,23-/m1/s1. The van der Waals surface area contributed by atoms with Gasteiger partial charge in [0.05, 0.1) is 17.5 Å². The van der Waals surface area contributed by atoms with Gasteiger partial charge in [-0.2, -0.15) is 5.10 Å². The van der Waals surface area contributed by atoms with Gasteiger partial charge in [0.25, 0.3) is 5.91 Å². The number of hydrogen-bond acceptors (Lipinski definition) is 7. The molecule has 1 aliphatic heterocycles. The van der Waals surface area contributed by atoms with Gasteiger partial charge in [0, 0.05) is 44.1 Å². The topological polar surface area (TPSA) is 110 Å². The van der Waals surface area contributed by atoms with Crippen molar-refractivity contribution in [3.05, 3.63) is 30.4 Å². The van der Waals surface area contributed by atoms with Gasteiger partial charge in [-0.05, 0) is 62.8 Å². The fraction of sp³-hybridized carbons (Fsp3) is 0.652. The summed E-state index contributed by atoms with van der Waals surface area (Å²) in [5, 5.41) is 21.0. The lowest BCUT2D eigenvalue weighted by Gasteiger charge is -2.58. The highest BCUT2D eigenvalue weighted by molar-refractivity contribution is 5.92. The number of H-pyrrole nitrogens is 1. The molecule has 4 aliphatic carbocycles. The molecule has 3 atom stereocenters. The third kappa shape index (κ3) is 3.43. The Balaban J connectivity index is 1.14. The highest BCUT2D eigenvalue weighted by Crippen LogP contribution is 2.55. The van der Waals surface area contributed by atoms with Crippen LogP contribution in [0.4, 0.5) is 11.6 Å². The minimum absolute atomic E-state index is 0.122. The summed E-state index contributed by atoms with van der Waals surface area (Å²) in [6.07, 6.45) is 10.3. The van der Waals surface area contributed by atoms with E-state index >= 15 is 0 Å². The predicted octanol–water partition coefficient (Wildman–Crippen LogP) is 1.58. The number of carbonyl (C=O) groups is 1. The molecule has 0 radical (unpaired) electrons. The molecule has 1 amide bonds. The van der Waals surface area contributed by atoms with Crippen LogP contribution >= 0.6 is 0 Å². The van der Waals surface area contributed by atoms with Crippen LogP contribution in [0.25, 0.3) is 0 Å². The van der Waals surface area contributed by atoms with Crippen molar-refractivity contribution < 1.29 is 9.90 Å². The van der Waals surface area contributed by atoms with Crippen molar-refractivity contribution in [2.45, 2.75) is 56.7 Å². The number of hydrogen-bond donors (Lipinski definition) is 3. The Kier molecular flexibility index (Phi) is 4.64. The monoisotopic (exact) mass is 437 g/mol. The van der Waals surface area contributed by atoms with Gasteiger partial charge in [0.1, 0.15) is 5.69 Å². The number of anilines is 2. The van der Waals surface area contributed by atoms with E-state index in [9.17, 15) is 9.90 Å². The highest BCUT2D eigenvalue weighted by Gasteiger charge is 2.55. The van der Waals surface area contributed by atoms with Crippen LogP contribution in [0.5, 0.6) is 0 Å². The highest BCUT2D eigenvalue weighted by atomic mass is 16.3. The molecule has 2 unspecified atom stereocenters. The second-order valence-corrected chi connectivity index (χ2v) is 10.4. The summed E-state index contributed by atoms with van der Waals surface area (Å²) in [6.45, 7) is 4.62. The largest absolute Gasteiger partial charge is 0.390 e. The smallest absolute Gasteiger partial charge is 0.270 e. The molecule has 3 heterocycles. The Hall–Kier alpha value is -2.68. The Morgan fingerprint density at radius 3 is 2.75 bits per heavy atom. The summed E-state index contributed by atoms with van der Waals surface area (Å²) in [5.41, 5.74) is 1.02. The fourth-order valence-corrected chi connectivity index (χ4v) is 6.96. The second kappa shape index (κ2) is 7.43. The van der Waals surface area contributed by atoms with Crippen LogP contribution in [0.15, 0.2) is 24.7 Å². The number of aromatic amines is 1. The first kappa shape index (κ1) is 20.0. The molecule has 9 heteroatoms. The SMILES string of the molecule is C[C@@H]1CN(c2cn[nH]c2)CCN1c1nccc(C(=O)N[C@H]2C3CC4CC2C[C@](O)(C4)C3)n1. The first-order chi connectivity index (χ1) is 15.5. The minimum atomic E-state index is -0.492. The summed E-state index contributed by atoms with van der Waals surface area (Å²) in [4.78, 5) is 26.7. The molecule has 170 valence electrons. The number of aliphatic hydroxyl groups is 1. The molecule has 7 rings (SSSR count). The number of amides is 1. The van der Waals surface area contributed by atoms with Crippen molar-refractivity contribution in [1.82, 2.24) is 25.5 Å². The number of carbonyl (C=O) groups excluding carboxylic acids is 1. The van der Waals surface area contributed by atoms with Crippen molar-refractivity contribution >= 4 is 17.5 Å². The van der Waals surface area contributed by atoms with Gasteiger partial charge in [-0.15, -0.1) is 0 Å². The number of rotatable bonds is 4. The molecule has 0 spiro atoms. The van der Waals surface area contributed by atoms with E-state index in [1.165, 1.54) is 0 Å². The van der Waals surface area contributed by atoms with Gasteiger partial charge in [0.2, 0.25) is 5.95 Å². The predicted molar refractivity (Wildman–Crippen MR) is 119 cm³/mol. The third-order valence-corrected chi connectivity index (χ3v) is 8.15. The number of piperazine rings is 1. The molecular formula is C23H31N7O2. The van der Waals surface area contributed by atoms with Gasteiger partial charge in [-0.1, -0.05) is 0 Å². The third-order valence-electron chi connectivity index (χ3n) is 8.15. The number of nitrogens with one attached hydrogen (secondary N) is 2. The summed E-state index contributed by atoms with van der Waals surface area (Å²) in [7, 11) is 0. The quantitative estimate of drug-likeness (QED) is 0.666. The van der Waals surface area contributed by atoms with Crippen molar-refractivity contribution in [2.75, 3.05) is 29.4 Å². The van der Waals surface area contributed by atoms with Crippen molar-refractivity contribution in [1.29, 1.82) is 0 Å². The molecule has 4 bridgehead atoms. The molecule has 5 fully saturated rings. The number of aromatic nitrogens is 4. The van der Waals surface area contributed by atoms with Crippen LogP contribution < -0.4 is 15.1 Å². The Morgan fingerprint density at radius 1 is 1.25 bits per heavy atom. The summed E-state index contributed by atoms with van der Waals surface area (Å²) >= 11 is 0. The average Bonchev–Trinajstić information content (AvgIpc) is 3.30. The minimum Gasteiger partial charge on any atom is -0.390 e. The molecule has 9 nitrogen and oxygen atoms in total. The Morgan fingerprint density at radius 2 is 2.06 bits per heavy atom. The number of nitrogens with zero attached hydrogens (tertiary/aromatic N) is 5. The second-order valence-electron chi connectivity index (χ2n) is 10.4. The van der Waals surface area contributed by atoms with Crippen LogP contribution in [0, 0.1) is 17.8 Å². The van der Waals surface area contributed by atoms with Gasteiger partial charge in [-0.25, -0.2) is 9.97 Å². The normalized spacial score (nSPS) is 35.9. The average molecular weight is 438 g/mol. The van der Waals surface area contributed by atoms with Crippen LogP contribution in [0.1, 0.15) is 49.5 Å². The molecular weight excluding hydrogens is 406 g/mol. The van der Waals surface area contributed by atoms with E-state index in [1.807, 2.05) is 12.4 Å². The van der Waals surface area contributed by atoms with E-state index in [2.05, 4.69) is 42.2 Å². The van der Waals surface area contributed by atoms with Crippen molar-refractivity contribution in [3.8, 4) is 0 Å². The lowest BCUT2D eigenvalue weighted by atomic mass is 9.52. The molecule has 32 heavy (non-hydrogen) atoms.